The van der Waals surface area contributed by atoms with E-state index in [9.17, 15) is 0 Å². The Morgan fingerprint density at radius 3 is 1.95 bits per heavy atom. The summed E-state index contributed by atoms with van der Waals surface area (Å²) in [5, 5.41) is 3.45. The highest BCUT2D eigenvalue weighted by Gasteiger charge is 2.11. The lowest BCUT2D eigenvalue weighted by atomic mass is 10.1. The smallest absolute Gasteiger partial charge is 0.0368 e. The van der Waals surface area contributed by atoms with Crippen LogP contribution in [-0.2, 0) is 6.54 Å². The van der Waals surface area contributed by atoms with Crippen molar-refractivity contribution in [3.63, 3.8) is 0 Å². The molecular formula is C17H30N2. The van der Waals surface area contributed by atoms with E-state index in [-0.39, 0.29) is 0 Å². The molecule has 0 unspecified atom stereocenters. The lowest BCUT2D eigenvalue weighted by molar-refractivity contribution is 0.570. The lowest BCUT2D eigenvalue weighted by Gasteiger charge is -2.31. The minimum atomic E-state index is 0.535. The van der Waals surface area contributed by atoms with Crippen molar-refractivity contribution in [2.75, 3.05) is 11.4 Å². The Balaban J connectivity index is 2.72. The van der Waals surface area contributed by atoms with Gasteiger partial charge >= 0.3 is 0 Å². The van der Waals surface area contributed by atoms with Crippen molar-refractivity contribution in [2.45, 2.75) is 60.2 Å². The summed E-state index contributed by atoms with van der Waals surface area (Å²) in [6, 6.07) is 10.1. The molecule has 0 amide bonds. The lowest BCUT2D eigenvalue weighted by Crippen LogP contribution is -2.34. The van der Waals surface area contributed by atoms with Gasteiger partial charge in [0.2, 0.25) is 0 Å². The largest absolute Gasteiger partial charge is 0.369 e. The van der Waals surface area contributed by atoms with E-state index >= 15 is 0 Å². The molecule has 2 nitrogen and oxygen atoms in total. The molecule has 1 aromatic rings. The minimum Gasteiger partial charge on any atom is -0.369 e. The van der Waals surface area contributed by atoms with Crippen molar-refractivity contribution in [3.05, 3.63) is 29.8 Å². The number of hydrogen-bond acceptors (Lipinski definition) is 2. The van der Waals surface area contributed by atoms with Gasteiger partial charge in [0.1, 0.15) is 0 Å². The summed E-state index contributed by atoms with van der Waals surface area (Å²) in [7, 11) is 0. The molecule has 0 radical (unpaired) electrons. The van der Waals surface area contributed by atoms with E-state index in [1.165, 1.54) is 11.3 Å². The summed E-state index contributed by atoms with van der Waals surface area (Å²) >= 11 is 0. The van der Waals surface area contributed by atoms with Crippen LogP contribution in [-0.4, -0.2) is 18.6 Å². The first-order valence-corrected chi connectivity index (χ1v) is 7.49. The van der Waals surface area contributed by atoms with Gasteiger partial charge in [-0.3, -0.25) is 0 Å². The number of benzene rings is 1. The fourth-order valence-corrected chi connectivity index (χ4v) is 2.14. The van der Waals surface area contributed by atoms with Gasteiger partial charge in [-0.15, -0.1) is 0 Å². The van der Waals surface area contributed by atoms with Crippen LogP contribution >= 0.6 is 0 Å². The van der Waals surface area contributed by atoms with E-state index < -0.39 is 0 Å². The zero-order valence-electron chi connectivity index (χ0n) is 13.4. The molecule has 2 heteroatoms. The molecule has 19 heavy (non-hydrogen) atoms. The van der Waals surface area contributed by atoms with Crippen LogP contribution in [0.5, 0.6) is 0 Å². The molecule has 0 saturated heterocycles. The van der Waals surface area contributed by atoms with Crippen LogP contribution in [0.1, 0.15) is 47.1 Å². The first kappa shape index (κ1) is 16.0. The fraction of sp³-hybridized carbons (Fsp3) is 0.647. The maximum absolute atomic E-state index is 3.45. The highest BCUT2D eigenvalue weighted by atomic mass is 15.2. The second kappa shape index (κ2) is 7.54. The predicted molar refractivity (Wildman–Crippen MR) is 85.7 cm³/mol. The third kappa shape index (κ3) is 5.65. The van der Waals surface area contributed by atoms with Crippen molar-refractivity contribution < 1.29 is 0 Å². The molecule has 0 bridgehead atoms. The molecule has 108 valence electrons. The van der Waals surface area contributed by atoms with Crippen molar-refractivity contribution in [1.82, 2.24) is 5.32 Å². The number of nitrogens with zero attached hydrogens (tertiary/aromatic N) is 1. The first-order chi connectivity index (χ1) is 8.90. The maximum atomic E-state index is 3.45. The van der Waals surface area contributed by atoms with Gasteiger partial charge in [0.05, 0.1) is 0 Å². The second-order valence-electron chi connectivity index (χ2n) is 6.34. The van der Waals surface area contributed by atoms with Crippen LogP contribution in [0, 0.1) is 5.92 Å². The molecule has 1 rings (SSSR count). The monoisotopic (exact) mass is 262 g/mol. The van der Waals surface area contributed by atoms with Gasteiger partial charge in [0.25, 0.3) is 0 Å². The molecule has 0 aliphatic rings. The summed E-state index contributed by atoms with van der Waals surface area (Å²) < 4.78 is 0. The Morgan fingerprint density at radius 2 is 1.53 bits per heavy atom. The van der Waals surface area contributed by atoms with Gasteiger partial charge in [-0.1, -0.05) is 39.8 Å². The normalized spacial score (nSPS) is 11.6. The first-order valence-electron chi connectivity index (χ1n) is 7.49. The van der Waals surface area contributed by atoms with Gasteiger partial charge < -0.3 is 10.2 Å². The molecule has 0 aliphatic carbocycles. The highest BCUT2D eigenvalue weighted by molar-refractivity contribution is 5.48. The summed E-state index contributed by atoms with van der Waals surface area (Å²) in [4.78, 5) is 2.48. The topological polar surface area (TPSA) is 15.3 Å². The minimum absolute atomic E-state index is 0.535. The van der Waals surface area contributed by atoms with Crippen LogP contribution in [0.2, 0.25) is 0 Å². The molecule has 0 aromatic heterocycles. The van der Waals surface area contributed by atoms with Crippen LogP contribution in [0.25, 0.3) is 0 Å². The average molecular weight is 262 g/mol. The quantitative estimate of drug-likeness (QED) is 0.797. The van der Waals surface area contributed by atoms with Crippen LogP contribution in [0.3, 0.4) is 0 Å². The Labute approximate surface area is 119 Å². The van der Waals surface area contributed by atoms with E-state index in [2.05, 4.69) is 76.0 Å². The van der Waals surface area contributed by atoms with E-state index in [4.69, 9.17) is 0 Å². The molecule has 0 saturated carbocycles. The van der Waals surface area contributed by atoms with Crippen molar-refractivity contribution in [3.8, 4) is 0 Å². The number of rotatable bonds is 7. The Kier molecular flexibility index (Phi) is 6.36. The zero-order valence-corrected chi connectivity index (χ0v) is 13.4. The molecule has 1 aromatic carbocycles. The predicted octanol–water partition coefficient (Wildman–Crippen LogP) is 4.06. The Morgan fingerprint density at radius 1 is 0.947 bits per heavy atom. The molecule has 0 spiro atoms. The third-order valence-electron chi connectivity index (χ3n) is 3.17. The Bertz CT molecular complexity index is 352. The van der Waals surface area contributed by atoms with E-state index in [0.717, 1.165) is 13.1 Å². The van der Waals surface area contributed by atoms with E-state index in [1.54, 1.807) is 0 Å². The van der Waals surface area contributed by atoms with Gasteiger partial charge in [0.15, 0.2) is 0 Å². The molecule has 0 fully saturated rings. The number of nitrogens with one attached hydrogen (secondary N) is 1. The molecule has 0 aliphatic heterocycles. The van der Waals surface area contributed by atoms with Gasteiger partial charge in [-0.2, -0.15) is 0 Å². The molecule has 0 heterocycles. The van der Waals surface area contributed by atoms with E-state index in [0.29, 0.717) is 18.0 Å². The maximum Gasteiger partial charge on any atom is 0.0368 e. The molecule has 0 atom stereocenters. The van der Waals surface area contributed by atoms with Gasteiger partial charge in [0, 0.05) is 30.9 Å². The summed E-state index contributed by atoms with van der Waals surface area (Å²) in [5.41, 5.74) is 2.68. The highest BCUT2D eigenvalue weighted by Crippen LogP contribution is 2.19. The summed E-state index contributed by atoms with van der Waals surface area (Å²) in [6.45, 7) is 15.5. The van der Waals surface area contributed by atoms with Crippen LogP contribution in [0.15, 0.2) is 24.3 Å². The zero-order chi connectivity index (χ0) is 14.4. The number of hydrogen-bond donors (Lipinski definition) is 1. The second-order valence-corrected chi connectivity index (χ2v) is 6.34. The van der Waals surface area contributed by atoms with Crippen molar-refractivity contribution in [1.29, 1.82) is 0 Å². The standard InChI is InChI=1S/C17H30N2/c1-13(2)12-19(15(5)6)17-9-7-16(8-10-17)11-18-14(3)4/h7-10,13-15,18H,11-12H2,1-6H3. The van der Waals surface area contributed by atoms with E-state index in [1.807, 2.05) is 0 Å². The van der Waals surface area contributed by atoms with Gasteiger partial charge in [-0.25, -0.2) is 0 Å². The average Bonchev–Trinajstić information content (AvgIpc) is 2.33. The van der Waals surface area contributed by atoms with Crippen LogP contribution in [0.4, 0.5) is 5.69 Å². The summed E-state index contributed by atoms with van der Waals surface area (Å²) in [6.07, 6.45) is 0. The third-order valence-corrected chi connectivity index (χ3v) is 3.17. The van der Waals surface area contributed by atoms with Gasteiger partial charge in [-0.05, 0) is 37.5 Å². The SMILES string of the molecule is CC(C)CN(c1ccc(CNC(C)C)cc1)C(C)C. The van der Waals surface area contributed by atoms with Crippen molar-refractivity contribution >= 4 is 5.69 Å². The Hall–Kier alpha value is -1.02. The fourth-order valence-electron chi connectivity index (χ4n) is 2.14. The number of anilines is 1. The molecule has 1 N–H and O–H groups in total. The molecular weight excluding hydrogens is 232 g/mol. The van der Waals surface area contributed by atoms with Crippen molar-refractivity contribution in [2.24, 2.45) is 5.92 Å². The van der Waals surface area contributed by atoms with Crippen LogP contribution < -0.4 is 10.2 Å². The summed E-state index contributed by atoms with van der Waals surface area (Å²) in [5.74, 6) is 0.685.